The Morgan fingerprint density at radius 1 is 1.17 bits per heavy atom. The molecule has 2 aromatic rings. The van der Waals surface area contributed by atoms with Crippen LogP contribution in [0.25, 0.3) is 0 Å². The quantitative estimate of drug-likeness (QED) is 0.859. The number of amides is 1. The average Bonchev–Trinajstić information content (AvgIpc) is 2.55. The molecule has 0 spiro atoms. The monoisotopic (exact) mass is 320 g/mol. The molecule has 2 aromatic carbocycles. The molecular weight excluding hydrogens is 302 g/mol. The Bertz CT molecular complexity index is 692. The molecule has 0 saturated heterocycles. The van der Waals surface area contributed by atoms with Crippen molar-refractivity contribution < 1.29 is 18.3 Å². The van der Waals surface area contributed by atoms with Crippen molar-refractivity contribution in [1.29, 1.82) is 0 Å². The molecule has 0 fully saturated rings. The maximum Gasteiger partial charge on any atom is 0.238 e. The lowest BCUT2D eigenvalue weighted by molar-refractivity contribution is -0.115. The predicted molar refractivity (Wildman–Crippen MR) is 84.4 cm³/mol. The summed E-state index contributed by atoms with van der Waals surface area (Å²) in [6, 6.07) is 10.4. The Morgan fingerprint density at radius 3 is 2.61 bits per heavy atom. The van der Waals surface area contributed by atoms with Gasteiger partial charge in [-0.15, -0.1) is 0 Å². The Morgan fingerprint density at radius 2 is 1.91 bits per heavy atom. The van der Waals surface area contributed by atoms with Crippen LogP contribution in [-0.4, -0.2) is 19.6 Å². The van der Waals surface area contributed by atoms with Crippen LogP contribution in [0.2, 0.25) is 0 Å². The summed E-state index contributed by atoms with van der Waals surface area (Å²) in [4.78, 5) is 12.0. The lowest BCUT2D eigenvalue weighted by Gasteiger charge is -2.15. The van der Waals surface area contributed by atoms with Gasteiger partial charge >= 0.3 is 0 Å². The number of ether oxygens (including phenoxy) is 1. The topological polar surface area (TPSA) is 50.4 Å². The van der Waals surface area contributed by atoms with Crippen LogP contribution in [-0.2, 0) is 4.79 Å². The fourth-order valence-electron chi connectivity index (χ4n) is 2.09. The van der Waals surface area contributed by atoms with Crippen molar-refractivity contribution in [2.24, 2.45) is 0 Å². The van der Waals surface area contributed by atoms with E-state index in [2.05, 4.69) is 10.6 Å². The van der Waals surface area contributed by atoms with Gasteiger partial charge in [0.1, 0.15) is 5.75 Å². The summed E-state index contributed by atoms with van der Waals surface area (Å²) in [7, 11) is 1.52. The first-order valence-corrected chi connectivity index (χ1v) is 7.12. The average molecular weight is 320 g/mol. The third-order valence-corrected chi connectivity index (χ3v) is 3.39. The van der Waals surface area contributed by atoms with Gasteiger partial charge in [-0.2, -0.15) is 0 Å². The minimum atomic E-state index is -0.908. The van der Waals surface area contributed by atoms with E-state index in [1.54, 1.807) is 31.2 Å². The molecule has 0 bridgehead atoms. The van der Waals surface area contributed by atoms with Gasteiger partial charge in [-0.05, 0) is 36.8 Å². The second-order valence-corrected chi connectivity index (χ2v) is 5.02. The van der Waals surface area contributed by atoms with Crippen molar-refractivity contribution in [2.75, 3.05) is 19.0 Å². The third-order valence-electron chi connectivity index (χ3n) is 3.39. The number of hydrogen-bond acceptors (Lipinski definition) is 3. The van der Waals surface area contributed by atoms with E-state index in [4.69, 9.17) is 4.74 Å². The van der Waals surface area contributed by atoms with Crippen molar-refractivity contribution in [1.82, 2.24) is 5.32 Å². The van der Waals surface area contributed by atoms with Crippen molar-refractivity contribution in [3.63, 3.8) is 0 Å². The molecule has 2 rings (SSSR count). The van der Waals surface area contributed by atoms with Crippen molar-refractivity contribution >= 4 is 11.6 Å². The molecular formula is C17H18F2N2O2. The van der Waals surface area contributed by atoms with Gasteiger partial charge in [-0.1, -0.05) is 18.2 Å². The minimum absolute atomic E-state index is 0.0260. The third kappa shape index (κ3) is 4.50. The van der Waals surface area contributed by atoms with Crippen LogP contribution in [0, 0.1) is 11.6 Å². The van der Waals surface area contributed by atoms with Crippen LogP contribution in [0.4, 0.5) is 14.5 Å². The molecule has 0 aliphatic rings. The molecule has 0 aromatic heterocycles. The first kappa shape index (κ1) is 16.9. The summed E-state index contributed by atoms with van der Waals surface area (Å²) in [5.41, 5.74) is 1.14. The molecule has 0 heterocycles. The Balaban J connectivity index is 1.92. The minimum Gasteiger partial charge on any atom is -0.495 e. The van der Waals surface area contributed by atoms with Gasteiger partial charge < -0.3 is 15.4 Å². The molecule has 6 heteroatoms. The van der Waals surface area contributed by atoms with E-state index in [1.165, 1.54) is 13.2 Å². The molecule has 1 amide bonds. The standard InChI is InChI=1S/C17H18F2N2O2/c1-11(12-7-8-13(18)14(19)9-12)20-10-17(22)21-15-5-3-4-6-16(15)23-2/h3-9,11,20H,10H2,1-2H3,(H,21,22)/t11-/m1/s1. The fourth-order valence-corrected chi connectivity index (χ4v) is 2.09. The molecule has 122 valence electrons. The molecule has 0 saturated carbocycles. The highest BCUT2D eigenvalue weighted by atomic mass is 19.2. The Hall–Kier alpha value is -2.47. The van der Waals surface area contributed by atoms with E-state index < -0.39 is 11.6 Å². The largest absolute Gasteiger partial charge is 0.495 e. The molecule has 23 heavy (non-hydrogen) atoms. The highest BCUT2D eigenvalue weighted by Gasteiger charge is 2.11. The van der Waals surface area contributed by atoms with Crippen LogP contribution >= 0.6 is 0 Å². The van der Waals surface area contributed by atoms with Crippen LogP contribution in [0.3, 0.4) is 0 Å². The van der Waals surface area contributed by atoms with E-state index in [0.717, 1.165) is 12.1 Å². The Labute approximate surface area is 133 Å². The van der Waals surface area contributed by atoms with Gasteiger partial charge in [0, 0.05) is 6.04 Å². The van der Waals surface area contributed by atoms with Crippen molar-refractivity contribution in [3.8, 4) is 5.75 Å². The summed E-state index contributed by atoms with van der Waals surface area (Å²) in [5.74, 6) is -1.50. The van der Waals surface area contributed by atoms with E-state index in [9.17, 15) is 13.6 Å². The number of rotatable bonds is 6. The van der Waals surface area contributed by atoms with Gasteiger partial charge in [0.2, 0.25) is 5.91 Å². The zero-order chi connectivity index (χ0) is 16.8. The lowest BCUT2D eigenvalue weighted by atomic mass is 10.1. The number of anilines is 1. The molecule has 4 nitrogen and oxygen atoms in total. The Kier molecular flexibility index (Phi) is 5.65. The van der Waals surface area contributed by atoms with E-state index in [-0.39, 0.29) is 18.5 Å². The number of halogens is 2. The molecule has 2 N–H and O–H groups in total. The maximum absolute atomic E-state index is 13.2. The maximum atomic E-state index is 13.2. The smallest absolute Gasteiger partial charge is 0.238 e. The van der Waals surface area contributed by atoms with Crippen LogP contribution < -0.4 is 15.4 Å². The van der Waals surface area contributed by atoms with Gasteiger partial charge in [0.25, 0.3) is 0 Å². The van der Waals surface area contributed by atoms with Gasteiger partial charge in [0.15, 0.2) is 11.6 Å². The zero-order valence-corrected chi connectivity index (χ0v) is 12.9. The molecule has 0 unspecified atom stereocenters. The number of carbonyl (C=O) groups excluding carboxylic acids is 1. The highest BCUT2D eigenvalue weighted by Crippen LogP contribution is 2.22. The SMILES string of the molecule is COc1ccccc1NC(=O)CN[C@H](C)c1ccc(F)c(F)c1. The number of nitrogens with one attached hydrogen (secondary N) is 2. The normalized spacial score (nSPS) is 11.8. The van der Waals surface area contributed by atoms with Gasteiger partial charge in [-0.25, -0.2) is 8.78 Å². The fraction of sp³-hybridized carbons (Fsp3) is 0.235. The summed E-state index contributed by atoms with van der Waals surface area (Å²) in [6.07, 6.45) is 0. The molecule has 0 aliphatic heterocycles. The second-order valence-electron chi connectivity index (χ2n) is 5.02. The lowest BCUT2D eigenvalue weighted by Crippen LogP contribution is -2.30. The molecule has 0 aliphatic carbocycles. The van der Waals surface area contributed by atoms with Crippen LogP contribution in [0.5, 0.6) is 5.75 Å². The number of methoxy groups -OCH3 is 1. The second kappa shape index (κ2) is 7.69. The highest BCUT2D eigenvalue weighted by molar-refractivity contribution is 5.93. The van der Waals surface area contributed by atoms with E-state index in [1.807, 2.05) is 0 Å². The number of para-hydroxylation sites is 2. The molecule has 1 atom stereocenters. The summed E-state index contributed by atoms with van der Waals surface area (Å²) < 4.78 is 31.3. The number of benzene rings is 2. The summed E-state index contributed by atoms with van der Waals surface area (Å²) in [6.45, 7) is 1.79. The summed E-state index contributed by atoms with van der Waals surface area (Å²) >= 11 is 0. The summed E-state index contributed by atoms with van der Waals surface area (Å²) in [5, 5.41) is 5.69. The zero-order valence-electron chi connectivity index (χ0n) is 12.9. The first-order valence-electron chi connectivity index (χ1n) is 7.12. The van der Waals surface area contributed by atoms with Crippen molar-refractivity contribution in [2.45, 2.75) is 13.0 Å². The van der Waals surface area contributed by atoms with Crippen molar-refractivity contribution in [3.05, 3.63) is 59.7 Å². The number of hydrogen-bond donors (Lipinski definition) is 2. The van der Waals surface area contributed by atoms with E-state index >= 15 is 0 Å². The predicted octanol–water partition coefficient (Wildman–Crippen LogP) is 3.26. The van der Waals surface area contributed by atoms with E-state index in [0.29, 0.717) is 17.0 Å². The van der Waals surface area contributed by atoms with Gasteiger partial charge in [-0.3, -0.25) is 4.79 Å². The van der Waals surface area contributed by atoms with Gasteiger partial charge in [0.05, 0.1) is 19.3 Å². The van der Waals surface area contributed by atoms with Crippen LogP contribution in [0.15, 0.2) is 42.5 Å². The number of carbonyl (C=O) groups is 1. The molecule has 0 radical (unpaired) electrons. The van der Waals surface area contributed by atoms with Crippen LogP contribution in [0.1, 0.15) is 18.5 Å². The first-order chi connectivity index (χ1) is 11.0.